The molecule has 0 atom stereocenters. The van der Waals surface area contributed by atoms with E-state index >= 15 is 0 Å². The molecule has 1 rings (SSSR count). The molecule has 0 aliphatic carbocycles. The van der Waals surface area contributed by atoms with E-state index in [1.54, 1.807) is 0 Å². The Balaban J connectivity index is 0.00000676. The Labute approximate surface area is 181 Å². The normalized spacial score (nSPS) is 11.5. The first-order valence-corrected chi connectivity index (χ1v) is 9.35. The first-order valence-electron chi connectivity index (χ1n) is 9.35. The van der Waals surface area contributed by atoms with E-state index in [9.17, 15) is 4.79 Å². The van der Waals surface area contributed by atoms with Gasteiger partial charge in [0.15, 0.2) is 5.96 Å². The summed E-state index contributed by atoms with van der Waals surface area (Å²) >= 11 is 0. The second kappa shape index (κ2) is 14.7. The van der Waals surface area contributed by atoms with Gasteiger partial charge in [-0.05, 0) is 46.1 Å². The zero-order chi connectivity index (χ0) is 19.3. The molecule has 154 valence electrons. The maximum absolute atomic E-state index is 11.8. The standard InChI is InChI=1S/C20H34N4O2.HI/c1-5-21-19(23-15-18(25)24-20(2,3)4)22-13-9-10-14-26-16-17-11-7-6-8-12-17;/h6-8,11-12H,5,9-10,13-16H2,1-4H3,(H,24,25)(H2,21,22,23);1H. The molecule has 0 saturated heterocycles. The van der Waals surface area contributed by atoms with Crippen molar-refractivity contribution in [1.82, 2.24) is 16.0 Å². The van der Waals surface area contributed by atoms with Crippen LogP contribution in [0.3, 0.4) is 0 Å². The Morgan fingerprint density at radius 1 is 1.11 bits per heavy atom. The largest absolute Gasteiger partial charge is 0.377 e. The number of halogens is 1. The number of ether oxygens (including phenoxy) is 1. The van der Waals surface area contributed by atoms with Crippen LogP contribution in [-0.2, 0) is 16.1 Å². The number of aliphatic imine (C=N–C) groups is 1. The maximum Gasteiger partial charge on any atom is 0.242 e. The molecular formula is C20H35IN4O2. The molecule has 0 radical (unpaired) electrons. The molecule has 6 nitrogen and oxygen atoms in total. The second-order valence-corrected chi connectivity index (χ2v) is 7.17. The molecule has 0 saturated carbocycles. The van der Waals surface area contributed by atoms with E-state index in [1.807, 2.05) is 45.9 Å². The fourth-order valence-electron chi connectivity index (χ4n) is 2.25. The zero-order valence-electron chi connectivity index (χ0n) is 17.0. The molecule has 1 aromatic rings. The summed E-state index contributed by atoms with van der Waals surface area (Å²) in [5, 5.41) is 9.31. The van der Waals surface area contributed by atoms with E-state index < -0.39 is 0 Å². The summed E-state index contributed by atoms with van der Waals surface area (Å²) in [6, 6.07) is 10.2. The molecule has 1 aromatic carbocycles. The van der Waals surface area contributed by atoms with Gasteiger partial charge in [-0.25, -0.2) is 4.99 Å². The van der Waals surface area contributed by atoms with Gasteiger partial charge in [0.2, 0.25) is 5.91 Å². The highest BCUT2D eigenvalue weighted by Crippen LogP contribution is 2.01. The average Bonchev–Trinajstić information content (AvgIpc) is 2.58. The number of rotatable bonds is 10. The topological polar surface area (TPSA) is 74.8 Å². The van der Waals surface area contributed by atoms with Crippen LogP contribution in [0, 0.1) is 0 Å². The molecule has 0 unspecified atom stereocenters. The summed E-state index contributed by atoms with van der Waals surface area (Å²) in [6.45, 7) is 10.9. The van der Waals surface area contributed by atoms with Gasteiger partial charge >= 0.3 is 0 Å². The van der Waals surface area contributed by atoms with Crippen LogP contribution in [0.25, 0.3) is 0 Å². The van der Waals surface area contributed by atoms with Gasteiger partial charge < -0.3 is 20.7 Å². The molecule has 0 aliphatic rings. The highest BCUT2D eigenvalue weighted by Gasteiger charge is 2.13. The molecular weight excluding hydrogens is 455 g/mol. The number of nitrogens with one attached hydrogen (secondary N) is 3. The van der Waals surface area contributed by atoms with E-state index in [-0.39, 0.29) is 42.0 Å². The monoisotopic (exact) mass is 490 g/mol. The van der Waals surface area contributed by atoms with Crippen molar-refractivity contribution in [3.63, 3.8) is 0 Å². The van der Waals surface area contributed by atoms with Crippen molar-refractivity contribution < 1.29 is 9.53 Å². The van der Waals surface area contributed by atoms with Crippen LogP contribution in [0.2, 0.25) is 0 Å². The predicted molar refractivity (Wildman–Crippen MR) is 123 cm³/mol. The highest BCUT2D eigenvalue weighted by molar-refractivity contribution is 14.0. The van der Waals surface area contributed by atoms with Crippen molar-refractivity contribution in [2.24, 2.45) is 4.99 Å². The molecule has 0 fully saturated rings. The average molecular weight is 490 g/mol. The number of guanidine groups is 1. The molecule has 3 N–H and O–H groups in total. The van der Waals surface area contributed by atoms with Crippen molar-refractivity contribution in [2.45, 2.75) is 52.7 Å². The fraction of sp³-hybridized carbons (Fsp3) is 0.600. The van der Waals surface area contributed by atoms with Gasteiger partial charge in [0.1, 0.15) is 6.54 Å². The van der Waals surface area contributed by atoms with E-state index in [1.165, 1.54) is 5.56 Å². The molecule has 0 aliphatic heterocycles. The smallest absolute Gasteiger partial charge is 0.242 e. The Bertz CT molecular complexity index is 545. The SMILES string of the molecule is CCNC(=NCC(=O)NC(C)(C)C)NCCCCOCc1ccccc1.I. The number of nitrogens with zero attached hydrogens (tertiary/aromatic N) is 1. The third-order valence-electron chi connectivity index (χ3n) is 3.36. The third-order valence-corrected chi connectivity index (χ3v) is 3.36. The Hall–Kier alpha value is -1.35. The van der Waals surface area contributed by atoms with Gasteiger partial charge in [-0.1, -0.05) is 30.3 Å². The van der Waals surface area contributed by atoms with Crippen LogP contribution in [0.15, 0.2) is 35.3 Å². The van der Waals surface area contributed by atoms with E-state index in [0.717, 1.165) is 32.5 Å². The lowest BCUT2D eigenvalue weighted by molar-refractivity contribution is -0.121. The molecule has 1 amide bonds. The summed E-state index contributed by atoms with van der Waals surface area (Å²) in [4.78, 5) is 16.2. The minimum absolute atomic E-state index is 0. The van der Waals surface area contributed by atoms with Gasteiger partial charge in [0.05, 0.1) is 6.61 Å². The Kier molecular flexibility index (Phi) is 13.9. The van der Waals surface area contributed by atoms with E-state index in [4.69, 9.17) is 4.74 Å². The summed E-state index contributed by atoms with van der Waals surface area (Å²) < 4.78 is 5.67. The molecule has 7 heteroatoms. The van der Waals surface area contributed by atoms with Crippen molar-refractivity contribution in [2.75, 3.05) is 26.2 Å². The number of hydrogen-bond donors (Lipinski definition) is 3. The molecule has 0 spiro atoms. The van der Waals surface area contributed by atoms with Gasteiger partial charge in [-0.3, -0.25) is 4.79 Å². The van der Waals surface area contributed by atoms with Crippen LogP contribution < -0.4 is 16.0 Å². The lowest BCUT2D eigenvalue weighted by Gasteiger charge is -2.20. The van der Waals surface area contributed by atoms with Gasteiger partial charge in [-0.15, -0.1) is 24.0 Å². The Morgan fingerprint density at radius 2 is 1.81 bits per heavy atom. The first kappa shape index (κ1) is 25.6. The van der Waals surface area contributed by atoms with Crippen molar-refractivity contribution in [1.29, 1.82) is 0 Å². The van der Waals surface area contributed by atoms with Gasteiger partial charge in [0, 0.05) is 25.2 Å². The number of carbonyl (C=O) groups is 1. The fourth-order valence-corrected chi connectivity index (χ4v) is 2.25. The van der Waals surface area contributed by atoms with Crippen LogP contribution >= 0.6 is 24.0 Å². The van der Waals surface area contributed by atoms with Gasteiger partial charge in [-0.2, -0.15) is 0 Å². The summed E-state index contributed by atoms with van der Waals surface area (Å²) in [5.41, 5.74) is 0.957. The molecule has 0 bridgehead atoms. The number of amides is 1. The minimum Gasteiger partial charge on any atom is -0.377 e. The highest BCUT2D eigenvalue weighted by atomic mass is 127. The van der Waals surface area contributed by atoms with Crippen LogP contribution in [0.1, 0.15) is 46.1 Å². The van der Waals surface area contributed by atoms with Crippen molar-refractivity contribution >= 4 is 35.8 Å². The quantitative estimate of drug-likeness (QED) is 0.204. The third kappa shape index (κ3) is 14.4. The van der Waals surface area contributed by atoms with Gasteiger partial charge in [0.25, 0.3) is 0 Å². The first-order chi connectivity index (χ1) is 12.4. The lowest BCUT2D eigenvalue weighted by Crippen LogP contribution is -2.43. The van der Waals surface area contributed by atoms with E-state index in [0.29, 0.717) is 12.6 Å². The maximum atomic E-state index is 11.8. The predicted octanol–water partition coefficient (Wildman–Crippen LogP) is 3.07. The molecule has 0 heterocycles. The summed E-state index contributed by atoms with van der Waals surface area (Å²) in [7, 11) is 0. The lowest BCUT2D eigenvalue weighted by atomic mass is 10.1. The zero-order valence-corrected chi connectivity index (χ0v) is 19.3. The number of carbonyl (C=O) groups excluding carboxylic acids is 1. The summed E-state index contributed by atoms with van der Waals surface area (Å²) in [5.74, 6) is 0.589. The number of unbranched alkanes of at least 4 members (excludes halogenated alkanes) is 1. The van der Waals surface area contributed by atoms with Crippen LogP contribution in [0.5, 0.6) is 0 Å². The van der Waals surface area contributed by atoms with Crippen LogP contribution in [0.4, 0.5) is 0 Å². The Morgan fingerprint density at radius 3 is 2.44 bits per heavy atom. The second-order valence-electron chi connectivity index (χ2n) is 7.17. The molecule has 0 aromatic heterocycles. The van der Waals surface area contributed by atoms with Crippen molar-refractivity contribution in [3.05, 3.63) is 35.9 Å². The number of hydrogen-bond acceptors (Lipinski definition) is 3. The minimum atomic E-state index is -0.238. The van der Waals surface area contributed by atoms with Crippen LogP contribution in [-0.4, -0.2) is 43.6 Å². The van der Waals surface area contributed by atoms with Crippen molar-refractivity contribution in [3.8, 4) is 0 Å². The number of benzene rings is 1. The molecule has 27 heavy (non-hydrogen) atoms. The summed E-state index contributed by atoms with van der Waals surface area (Å²) in [6.07, 6.45) is 1.96. The van der Waals surface area contributed by atoms with E-state index in [2.05, 4.69) is 33.1 Å².